The molecule has 3 heterocycles. The Morgan fingerprint density at radius 3 is 3.22 bits per heavy atom. The van der Waals surface area contributed by atoms with E-state index in [9.17, 15) is 0 Å². The summed E-state index contributed by atoms with van der Waals surface area (Å²) in [5.74, 6) is 1.01. The molecular weight excluding hydrogens is 294 g/mol. The molecule has 0 bridgehead atoms. The molecule has 5 nitrogen and oxygen atoms in total. The maximum Gasteiger partial charge on any atom is 0.182 e. The van der Waals surface area contributed by atoms with Crippen molar-refractivity contribution >= 4 is 32.9 Å². The van der Waals surface area contributed by atoms with Gasteiger partial charge in [0.2, 0.25) is 0 Å². The highest BCUT2D eigenvalue weighted by molar-refractivity contribution is 9.09. The van der Waals surface area contributed by atoms with Crippen LogP contribution in [0.3, 0.4) is 0 Å². The van der Waals surface area contributed by atoms with E-state index in [1.54, 1.807) is 12.7 Å². The lowest BCUT2D eigenvalue weighted by molar-refractivity contribution is 0.601. The topological polar surface area (TPSA) is 57.7 Å². The van der Waals surface area contributed by atoms with E-state index in [2.05, 4.69) is 40.8 Å². The van der Waals surface area contributed by atoms with Crippen LogP contribution < -0.4 is 4.90 Å². The van der Waals surface area contributed by atoms with Gasteiger partial charge in [-0.2, -0.15) is 0 Å². The Bertz CT molecular complexity index is 526. The highest BCUT2D eigenvalue weighted by atomic mass is 79.9. The van der Waals surface area contributed by atoms with E-state index in [4.69, 9.17) is 0 Å². The molecule has 96 valence electrons. The fraction of sp³-hybridized carbons (Fsp3) is 0.583. The average molecular weight is 310 g/mol. The van der Waals surface area contributed by atoms with Crippen LogP contribution in [0, 0.1) is 0 Å². The number of imidazole rings is 1. The molecule has 1 unspecified atom stereocenters. The van der Waals surface area contributed by atoms with E-state index in [0.717, 1.165) is 28.9 Å². The Hall–Kier alpha value is -1.17. The lowest BCUT2D eigenvalue weighted by Crippen LogP contribution is -2.30. The minimum absolute atomic E-state index is 0.601. The van der Waals surface area contributed by atoms with Crippen LogP contribution in [0.1, 0.15) is 25.7 Å². The third-order valence-corrected chi connectivity index (χ3v) is 4.08. The van der Waals surface area contributed by atoms with Crippen LogP contribution >= 0.6 is 15.9 Å². The molecule has 0 aliphatic carbocycles. The Labute approximate surface area is 114 Å². The number of hydrogen-bond donors (Lipinski definition) is 1. The van der Waals surface area contributed by atoms with E-state index in [1.165, 1.54) is 25.7 Å². The molecule has 2 aromatic rings. The van der Waals surface area contributed by atoms with Gasteiger partial charge in [0.25, 0.3) is 0 Å². The second kappa shape index (κ2) is 5.22. The molecule has 0 amide bonds. The summed E-state index contributed by atoms with van der Waals surface area (Å²) in [7, 11) is 0. The number of anilines is 1. The third-order valence-electron chi connectivity index (χ3n) is 3.52. The van der Waals surface area contributed by atoms with Crippen LogP contribution in [0.2, 0.25) is 0 Å². The summed E-state index contributed by atoms with van der Waals surface area (Å²) in [6, 6.07) is 0.601. The van der Waals surface area contributed by atoms with Crippen molar-refractivity contribution in [2.45, 2.75) is 31.7 Å². The maximum atomic E-state index is 4.45. The smallest absolute Gasteiger partial charge is 0.182 e. The molecule has 1 aliphatic heterocycles. The van der Waals surface area contributed by atoms with Gasteiger partial charge in [-0.15, -0.1) is 0 Å². The van der Waals surface area contributed by atoms with Gasteiger partial charge in [0.1, 0.15) is 11.8 Å². The van der Waals surface area contributed by atoms with Gasteiger partial charge >= 0.3 is 0 Å². The zero-order valence-electron chi connectivity index (χ0n) is 10.1. The van der Waals surface area contributed by atoms with E-state index >= 15 is 0 Å². The number of nitrogens with one attached hydrogen (secondary N) is 1. The molecule has 3 rings (SSSR count). The lowest BCUT2D eigenvalue weighted by atomic mass is 10.1. The first-order valence-corrected chi connectivity index (χ1v) is 7.49. The summed E-state index contributed by atoms with van der Waals surface area (Å²) in [4.78, 5) is 18.4. The largest absolute Gasteiger partial charge is 0.352 e. The fourth-order valence-electron chi connectivity index (χ4n) is 2.70. The molecule has 1 aliphatic rings. The normalized spacial score (nSPS) is 19.8. The number of H-pyrrole nitrogens is 1. The van der Waals surface area contributed by atoms with Gasteiger partial charge < -0.3 is 9.88 Å². The number of fused-ring (bicyclic) bond motifs is 1. The SMILES string of the molecule is BrCCCC1CCCN1c1ncnc2nc[nH]c12. The van der Waals surface area contributed by atoms with Gasteiger partial charge in [0.15, 0.2) is 11.5 Å². The number of nitrogens with zero attached hydrogens (tertiary/aromatic N) is 4. The van der Waals surface area contributed by atoms with Gasteiger partial charge in [0, 0.05) is 17.9 Å². The summed E-state index contributed by atoms with van der Waals surface area (Å²) in [5, 5.41) is 1.07. The van der Waals surface area contributed by atoms with Crippen molar-refractivity contribution in [2.75, 3.05) is 16.8 Å². The van der Waals surface area contributed by atoms with Crippen LogP contribution in [0.25, 0.3) is 11.2 Å². The number of aromatic nitrogens is 4. The van der Waals surface area contributed by atoms with Gasteiger partial charge in [-0.3, -0.25) is 0 Å². The summed E-state index contributed by atoms with van der Waals surface area (Å²) < 4.78 is 0. The molecule has 18 heavy (non-hydrogen) atoms. The highest BCUT2D eigenvalue weighted by Gasteiger charge is 2.27. The summed E-state index contributed by atoms with van der Waals surface area (Å²) in [5.41, 5.74) is 1.72. The average Bonchev–Trinajstić information content (AvgIpc) is 3.04. The second-order valence-corrected chi connectivity index (χ2v) is 5.41. The van der Waals surface area contributed by atoms with Crippen LogP contribution in [0.5, 0.6) is 0 Å². The van der Waals surface area contributed by atoms with Crippen molar-refractivity contribution in [3.05, 3.63) is 12.7 Å². The zero-order valence-corrected chi connectivity index (χ0v) is 11.7. The molecule has 1 saturated heterocycles. The van der Waals surface area contributed by atoms with E-state index in [1.807, 2.05) is 0 Å². The molecule has 0 spiro atoms. The maximum absolute atomic E-state index is 4.45. The molecular formula is C12H16BrN5. The summed E-state index contributed by atoms with van der Waals surface area (Å²) >= 11 is 3.51. The lowest BCUT2D eigenvalue weighted by Gasteiger charge is -2.25. The minimum Gasteiger partial charge on any atom is -0.352 e. The Morgan fingerprint density at radius 1 is 1.39 bits per heavy atom. The number of aromatic amines is 1. The molecule has 2 aromatic heterocycles. The van der Waals surface area contributed by atoms with Crippen molar-refractivity contribution < 1.29 is 0 Å². The first-order chi connectivity index (χ1) is 8.90. The number of halogens is 1. The third kappa shape index (κ3) is 2.09. The van der Waals surface area contributed by atoms with Crippen molar-refractivity contribution in [2.24, 2.45) is 0 Å². The van der Waals surface area contributed by atoms with Crippen LogP contribution in [0.15, 0.2) is 12.7 Å². The van der Waals surface area contributed by atoms with Crippen molar-refractivity contribution in [1.82, 2.24) is 19.9 Å². The van der Waals surface area contributed by atoms with Crippen LogP contribution in [0.4, 0.5) is 5.82 Å². The molecule has 1 N–H and O–H groups in total. The minimum atomic E-state index is 0.601. The number of alkyl halides is 1. The molecule has 0 aromatic carbocycles. The monoisotopic (exact) mass is 309 g/mol. The summed E-state index contributed by atoms with van der Waals surface area (Å²) in [6.07, 6.45) is 8.22. The Balaban J connectivity index is 1.90. The predicted octanol–water partition coefficient (Wildman–Crippen LogP) is 2.50. The highest BCUT2D eigenvalue weighted by Crippen LogP contribution is 2.29. The van der Waals surface area contributed by atoms with Gasteiger partial charge in [-0.25, -0.2) is 15.0 Å². The first kappa shape index (κ1) is 11.9. The molecule has 6 heteroatoms. The number of hydrogen-bond acceptors (Lipinski definition) is 4. The predicted molar refractivity (Wildman–Crippen MR) is 75.1 cm³/mol. The van der Waals surface area contributed by atoms with Gasteiger partial charge in [-0.1, -0.05) is 15.9 Å². The van der Waals surface area contributed by atoms with E-state index in [-0.39, 0.29) is 0 Å². The van der Waals surface area contributed by atoms with Crippen molar-refractivity contribution in [1.29, 1.82) is 0 Å². The van der Waals surface area contributed by atoms with Crippen molar-refractivity contribution in [3.63, 3.8) is 0 Å². The van der Waals surface area contributed by atoms with E-state index < -0.39 is 0 Å². The van der Waals surface area contributed by atoms with E-state index in [0.29, 0.717) is 6.04 Å². The quantitative estimate of drug-likeness (QED) is 0.882. The second-order valence-electron chi connectivity index (χ2n) is 4.62. The number of rotatable bonds is 4. The fourth-order valence-corrected chi connectivity index (χ4v) is 3.02. The molecule has 0 saturated carbocycles. The van der Waals surface area contributed by atoms with Crippen LogP contribution in [-0.4, -0.2) is 37.9 Å². The van der Waals surface area contributed by atoms with Gasteiger partial charge in [0.05, 0.1) is 6.33 Å². The standard InChI is InChI=1S/C12H16BrN5/c13-5-1-3-9-4-2-6-18(9)12-10-11(15-7-14-10)16-8-17-12/h7-9H,1-6H2,(H,14,15,16,17). The molecule has 1 fully saturated rings. The molecule has 1 atom stereocenters. The van der Waals surface area contributed by atoms with Crippen molar-refractivity contribution in [3.8, 4) is 0 Å². The summed E-state index contributed by atoms with van der Waals surface area (Å²) in [6.45, 7) is 1.08. The Kier molecular flexibility index (Phi) is 3.45. The van der Waals surface area contributed by atoms with Gasteiger partial charge in [-0.05, 0) is 25.7 Å². The molecule has 0 radical (unpaired) electrons. The zero-order chi connectivity index (χ0) is 12.4. The van der Waals surface area contributed by atoms with Crippen LogP contribution in [-0.2, 0) is 0 Å². The Morgan fingerprint density at radius 2 is 2.33 bits per heavy atom. The first-order valence-electron chi connectivity index (χ1n) is 6.37.